The van der Waals surface area contributed by atoms with Crippen molar-refractivity contribution >= 4 is 28.7 Å². The van der Waals surface area contributed by atoms with E-state index in [4.69, 9.17) is 4.74 Å². The zero-order valence-electron chi connectivity index (χ0n) is 11.9. The quantitative estimate of drug-likeness (QED) is 0.504. The summed E-state index contributed by atoms with van der Waals surface area (Å²) in [4.78, 5) is 11.6. The maximum Gasteiger partial charge on any atom is 0.362 e. The Balaban J connectivity index is 2.00. The zero-order valence-corrected chi connectivity index (χ0v) is 12.7. The monoisotopic (exact) mass is 304 g/mol. The van der Waals surface area contributed by atoms with E-state index in [2.05, 4.69) is 39.2 Å². The van der Waals surface area contributed by atoms with Crippen LogP contribution in [0.2, 0.25) is 0 Å². The van der Waals surface area contributed by atoms with Gasteiger partial charge in [-0.05, 0) is 24.5 Å². The molecule has 2 aromatic rings. The average molecular weight is 304 g/mol. The molecule has 110 valence electrons. The Hall–Kier alpha value is -2.28. The smallest absolute Gasteiger partial charge is 0.362 e. The molecular formula is C14H16N4O2S. The maximum absolute atomic E-state index is 11.6. The van der Waals surface area contributed by atoms with Crippen LogP contribution in [0.5, 0.6) is 0 Å². The third kappa shape index (κ3) is 4.09. The van der Waals surface area contributed by atoms with Crippen molar-refractivity contribution in [3.8, 4) is 0 Å². The predicted octanol–water partition coefficient (Wildman–Crippen LogP) is 2.72. The molecule has 0 amide bonds. The van der Waals surface area contributed by atoms with Crippen molar-refractivity contribution in [2.75, 3.05) is 12.0 Å². The van der Waals surface area contributed by atoms with Gasteiger partial charge in [0.05, 0.1) is 12.8 Å². The topological polar surface area (TPSA) is 76.5 Å². The molecule has 0 aliphatic rings. The van der Waals surface area contributed by atoms with E-state index >= 15 is 0 Å². The van der Waals surface area contributed by atoms with Gasteiger partial charge >= 0.3 is 5.97 Å². The summed E-state index contributed by atoms with van der Waals surface area (Å²) in [5.74, 6) is -0.503. The van der Waals surface area contributed by atoms with Crippen LogP contribution in [-0.2, 0) is 11.2 Å². The fourth-order valence-electron chi connectivity index (χ4n) is 1.60. The van der Waals surface area contributed by atoms with Gasteiger partial charge in [-0.3, -0.25) is 5.43 Å². The highest BCUT2D eigenvalue weighted by Gasteiger charge is 2.17. The third-order valence-electron chi connectivity index (χ3n) is 2.72. The molecule has 1 aromatic heterocycles. The molecule has 0 unspecified atom stereocenters. The second kappa shape index (κ2) is 7.49. The zero-order chi connectivity index (χ0) is 15.1. The number of aromatic nitrogens is 2. The minimum atomic E-state index is -0.503. The number of carbonyl (C=O) groups excluding carboxylic acids is 1. The van der Waals surface area contributed by atoms with Crippen molar-refractivity contribution in [1.82, 2.24) is 9.59 Å². The summed E-state index contributed by atoms with van der Waals surface area (Å²) < 4.78 is 8.62. The van der Waals surface area contributed by atoms with Gasteiger partial charge in [-0.2, -0.15) is 5.10 Å². The number of nitrogens with zero attached hydrogens (tertiary/aromatic N) is 3. The molecule has 0 fully saturated rings. The van der Waals surface area contributed by atoms with Gasteiger partial charge < -0.3 is 4.74 Å². The standard InChI is InChI=1S/C14H16N4O2S/c1-3-10-5-7-11(8-6-10)9-15-17-13-12(16-18-21-13)14(19)20-4-2/h5-9,17H,3-4H2,1-2H3/b15-9+. The molecule has 6 nitrogen and oxygen atoms in total. The molecule has 0 aliphatic carbocycles. The van der Waals surface area contributed by atoms with Gasteiger partial charge in [-0.15, -0.1) is 5.10 Å². The Labute approximate surface area is 127 Å². The van der Waals surface area contributed by atoms with Gasteiger partial charge in [0.1, 0.15) is 0 Å². The van der Waals surface area contributed by atoms with Crippen LogP contribution in [0.25, 0.3) is 0 Å². The van der Waals surface area contributed by atoms with E-state index in [9.17, 15) is 4.79 Å². The first-order valence-electron chi connectivity index (χ1n) is 6.62. The predicted molar refractivity (Wildman–Crippen MR) is 82.9 cm³/mol. The fraction of sp³-hybridized carbons (Fsp3) is 0.286. The Kier molecular flexibility index (Phi) is 5.39. The largest absolute Gasteiger partial charge is 0.461 e. The molecule has 2 rings (SSSR count). The molecule has 0 spiro atoms. The molecule has 1 N–H and O–H groups in total. The number of ether oxygens (including phenoxy) is 1. The summed E-state index contributed by atoms with van der Waals surface area (Å²) in [6.07, 6.45) is 2.68. The molecule has 0 aliphatic heterocycles. The summed E-state index contributed by atoms with van der Waals surface area (Å²) in [7, 11) is 0. The minimum Gasteiger partial charge on any atom is -0.461 e. The highest BCUT2D eigenvalue weighted by atomic mass is 32.1. The van der Waals surface area contributed by atoms with Crippen molar-refractivity contribution < 1.29 is 9.53 Å². The number of esters is 1. The van der Waals surface area contributed by atoms with Crippen molar-refractivity contribution in [2.45, 2.75) is 20.3 Å². The SMILES string of the molecule is CCOC(=O)c1nnsc1N/N=C/c1ccc(CC)cc1. The Bertz CT molecular complexity index is 622. The summed E-state index contributed by atoms with van der Waals surface area (Å²) >= 11 is 1.06. The van der Waals surface area contributed by atoms with E-state index < -0.39 is 5.97 Å². The molecule has 0 saturated heterocycles. The van der Waals surface area contributed by atoms with Gasteiger partial charge in [0.2, 0.25) is 5.69 Å². The highest BCUT2D eigenvalue weighted by Crippen LogP contribution is 2.18. The third-order valence-corrected chi connectivity index (χ3v) is 3.35. The highest BCUT2D eigenvalue weighted by molar-refractivity contribution is 7.10. The van der Waals surface area contributed by atoms with E-state index in [-0.39, 0.29) is 5.69 Å². The fourth-order valence-corrected chi connectivity index (χ4v) is 2.11. The van der Waals surface area contributed by atoms with Crippen molar-refractivity contribution in [2.24, 2.45) is 5.10 Å². The number of hydrogen-bond acceptors (Lipinski definition) is 7. The number of aryl methyl sites for hydroxylation is 1. The van der Waals surface area contributed by atoms with Crippen LogP contribution in [0.1, 0.15) is 35.5 Å². The number of benzene rings is 1. The number of anilines is 1. The molecule has 0 radical (unpaired) electrons. The van der Waals surface area contributed by atoms with Crippen molar-refractivity contribution in [1.29, 1.82) is 0 Å². The summed E-state index contributed by atoms with van der Waals surface area (Å²) in [5.41, 5.74) is 5.17. The van der Waals surface area contributed by atoms with Crippen LogP contribution < -0.4 is 5.43 Å². The van der Waals surface area contributed by atoms with Crippen LogP contribution in [0.4, 0.5) is 5.00 Å². The molecule has 0 saturated carbocycles. The van der Waals surface area contributed by atoms with E-state index in [1.807, 2.05) is 12.1 Å². The molecule has 1 heterocycles. The lowest BCUT2D eigenvalue weighted by Gasteiger charge is -2.00. The lowest BCUT2D eigenvalue weighted by Crippen LogP contribution is -2.07. The number of hydrogen-bond donors (Lipinski definition) is 1. The molecule has 7 heteroatoms. The first-order valence-corrected chi connectivity index (χ1v) is 7.39. The first kappa shape index (κ1) is 15.1. The van der Waals surface area contributed by atoms with Gasteiger partial charge in [0, 0.05) is 11.5 Å². The molecular weight excluding hydrogens is 288 g/mol. The number of carbonyl (C=O) groups is 1. The molecule has 0 atom stereocenters. The average Bonchev–Trinajstić information content (AvgIpc) is 2.97. The second-order valence-corrected chi connectivity index (χ2v) is 4.89. The molecule has 21 heavy (non-hydrogen) atoms. The van der Waals surface area contributed by atoms with Crippen LogP contribution in [0.3, 0.4) is 0 Å². The summed E-state index contributed by atoms with van der Waals surface area (Å²) in [6, 6.07) is 8.09. The van der Waals surface area contributed by atoms with Gasteiger partial charge in [0.25, 0.3) is 0 Å². The Morgan fingerprint density at radius 1 is 1.38 bits per heavy atom. The van der Waals surface area contributed by atoms with E-state index in [0.717, 1.165) is 23.5 Å². The first-order chi connectivity index (χ1) is 10.2. The molecule has 1 aromatic carbocycles. The number of nitrogens with one attached hydrogen (secondary N) is 1. The van der Waals surface area contributed by atoms with Crippen LogP contribution in [-0.4, -0.2) is 28.4 Å². The number of rotatable bonds is 6. The van der Waals surface area contributed by atoms with E-state index in [1.54, 1.807) is 13.1 Å². The van der Waals surface area contributed by atoms with Crippen LogP contribution in [0.15, 0.2) is 29.4 Å². The molecule has 0 bridgehead atoms. The number of hydrazone groups is 1. The normalized spacial score (nSPS) is 10.8. The maximum atomic E-state index is 11.6. The van der Waals surface area contributed by atoms with Crippen LogP contribution in [0, 0.1) is 0 Å². The van der Waals surface area contributed by atoms with Gasteiger partial charge in [-0.1, -0.05) is 35.7 Å². The lowest BCUT2D eigenvalue weighted by atomic mass is 10.1. The summed E-state index contributed by atoms with van der Waals surface area (Å²) in [6.45, 7) is 4.14. The van der Waals surface area contributed by atoms with E-state index in [0.29, 0.717) is 11.6 Å². The van der Waals surface area contributed by atoms with Crippen molar-refractivity contribution in [3.05, 3.63) is 41.1 Å². The van der Waals surface area contributed by atoms with Gasteiger partial charge in [0.15, 0.2) is 5.00 Å². The van der Waals surface area contributed by atoms with E-state index in [1.165, 1.54) is 5.56 Å². The minimum absolute atomic E-state index is 0.153. The second-order valence-electron chi connectivity index (χ2n) is 4.14. The Morgan fingerprint density at radius 3 is 2.81 bits per heavy atom. The van der Waals surface area contributed by atoms with Crippen molar-refractivity contribution in [3.63, 3.8) is 0 Å². The summed E-state index contributed by atoms with van der Waals surface area (Å²) in [5, 5.41) is 8.30. The van der Waals surface area contributed by atoms with Gasteiger partial charge in [-0.25, -0.2) is 4.79 Å². The van der Waals surface area contributed by atoms with Crippen LogP contribution >= 0.6 is 11.5 Å². The lowest BCUT2D eigenvalue weighted by molar-refractivity contribution is 0.0520. The Morgan fingerprint density at radius 2 is 2.14 bits per heavy atom.